The summed E-state index contributed by atoms with van der Waals surface area (Å²) in [5.74, 6) is -2.58. The monoisotopic (exact) mass is 562 g/mol. The minimum absolute atomic E-state index is 0.0110. The number of carboxylic acids is 1. The average molecular weight is 563 g/mol. The number of ether oxygens (including phenoxy) is 1. The van der Waals surface area contributed by atoms with Crippen molar-refractivity contribution < 1.29 is 30.0 Å². The summed E-state index contributed by atoms with van der Waals surface area (Å²) in [6.45, 7) is 14.6. The highest BCUT2D eigenvalue weighted by Crippen LogP contribution is 2.49. The van der Waals surface area contributed by atoms with Crippen LogP contribution in [0.3, 0.4) is 0 Å². The molecular formula is C35H46O6. The molecule has 0 fully saturated rings. The Bertz CT molecular complexity index is 1390. The van der Waals surface area contributed by atoms with Gasteiger partial charge in [0.05, 0.1) is 5.56 Å². The molecule has 41 heavy (non-hydrogen) atoms. The number of carboxylic acid groups (broad SMARTS) is 1. The van der Waals surface area contributed by atoms with E-state index < -0.39 is 23.2 Å². The van der Waals surface area contributed by atoms with E-state index in [1.165, 1.54) is 16.7 Å². The van der Waals surface area contributed by atoms with Gasteiger partial charge in [-0.3, -0.25) is 0 Å². The fourth-order valence-electron chi connectivity index (χ4n) is 5.47. The minimum Gasteiger partial charge on any atom is -0.504 e. The summed E-state index contributed by atoms with van der Waals surface area (Å²) in [7, 11) is 0. The van der Waals surface area contributed by atoms with Crippen LogP contribution < -0.4 is 4.74 Å². The van der Waals surface area contributed by atoms with Crippen molar-refractivity contribution in [2.75, 3.05) is 0 Å². The molecule has 0 unspecified atom stereocenters. The third-order valence-electron chi connectivity index (χ3n) is 8.23. The molecule has 1 atom stereocenters. The van der Waals surface area contributed by atoms with Gasteiger partial charge in [0, 0.05) is 5.56 Å². The number of hydrogen-bond donors (Lipinski definition) is 4. The first-order valence-electron chi connectivity index (χ1n) is 14.5. The Hall–Kier alpha value is -3.67. The Kier molecular flexibility index (Phi) is 10.4. The molecule has 0 saturated carbocycles. The van der Waals surface area contributed by atoms with E-state index in [4.69, 9.17) is 4.74 Å². The van der Waals surface area contributed by atoms with Gasteiger partial charge in [-0.15, -0.1) is 0 Å². The maximum Gasteiger partial charge on any atom is 0.336 e. The van der Waals surface area contributed by atoms with E-state index in [0.717, 1.165) is 79.9 Å². The average Bonchev–Trinajstić information content (AvgIpc) is 2.89. The van der Waals surface area contributed by atoms with E-state index in [2.05, 4.69) is 52.8 Å². The van der Waals surface area contributed by atoms with Crippen LogP contribution in [0.15, 0.2) is 47.1 Å². The largest absolute Gasteiger partial charge is 0.504 e. The van der Waals surface area contributed by atoms with Gasteiger partial charge in [-0.25, -0.2) is 4.79 Å². The number of aromatic hydroxyl groups is 3. The van der Waals surface area contributed by atoms with Gasteiger partial charge in [-0.05, 0) is 134 Å². The Morgan fingerprint density at radius 2 is 1.51 bits per heavy atom. The molecule has 1 heterocycles. The summed E-state index contributed by atoms with van der Waals surface area (Å²) in [5, 5.41) is 40.4. The molecule has 6 heteroatoms. The van der Waals surface area contributed by atoms with E-state index in [0.29, 0.717) is 5.56 Å². The Morgan fingerprint density at radius 3 is 2.12 bits per heavy atom. The molecule has 6 nitrogen and oxygen atoms in total. The van der Waals surface area contributed by atoms with Gasteiger partial charge in [-0.2, -0.15) is 0 Å². The first-order valence-corrected chi connectivity index (χ1v) is 14.5. The van der Waals surface area contributed by atoms with Crippen molar-refractivity contribution in [2.45, 2.75) is 105 Å². The van der Waals surface area contributed by atoms with Crippen LogP contribution >= 0.6 is 0 Å². The van der Waals surface area contributed by atoms with Gasteiger partial charge in [0.2, 0.25) is 5.75 Å². The molecule has 0 spiro atoms. The Morgan fingerprint density at radius 1 is 0.902 bits per heavy atom. The van der Waals surface area contributed by atoms with Crippen LogP contribution in [0, 0.1) is 13.8 Å². The van der Waals surface area contributed by atoms with Crippen molar-refractivity contribution in [1.29, 1.82) is 0 Å². The van der Waals surface area contributed by atoms with E-state index in [1.807, 2.05) is 19.9 Å². The van der Waals surface area contributed by atoms with Crippen molar-refractivity contribution in [3.05, 3.63) is 69.3 Å². The quantitative estimate of drug-likeness (QED) is 0.161. The smallest absolute Gasteiger partial charge is 0.336 e. The molecule has 2 aromatic rings. The van der Waals surface area contributed by atoms with Gasteiger partial charge in [0.15, 0.2) is 11.5 Å². The van der Waals surface area contributed by atoms with Gasteiger partial charge < -0.3 is 25.2 Å². The lowest BCUT2D eigenvalue weighted by Gasteiger charge is -2.37. The molecule has 0 amide bonds. The summed E-state index contributed by atoms with van der Waals surface area (Å²) in [6, 6.07) is 2.81. The zero-order valence-corrected chi connectivity index (χ0v) is 25.6. The zero-order valence-electron chi connectivity index (χ0n) is 25.6. The molecule has 3 rings (SSSR count). The predicted molar refractivity (Wildman–Crippen MR) is 165 cm³/mol. The number of phenols is 3. The van der Waals surface area contributed by atoms with Gasteiger partial charge >= 0.3 is 5.97 Å². The number of fused-ring (bicyclic) bond motifs is 1. The molecule has 222 valence electrons. The number of carbonyl (C=O) groups is 1. The second-order valence-corrected chi connectivity index (χ2v) is 12.0. The zero-order chi connectivity index (χ0) is 30.5. The van der Waals surface area contributed by atoms with Crippen LogP contribution in [-0.4, -0.2) is 32.0 Å². The number of hydrogen-bond acceptors (Lipinski definition) is 5. The van der Waals surface area contributed by atoms with Crippen LogP contribution in [0.2, 0.25) is 0 Å². The predicted octanol–water partition coefficient (Wildman–Crippen LogP) is 9.07. The summed E-state index contributed by atoms with van der Waals surface area (Å²) >= 11 is 0. The number of phenolic OH excluding ortho intramolecular Hbond substituents is 3. The Labute approximate surface area is 244 Å². The SMILES string of the molecule is CC(C)=CCCC(C)=CCCC(C)=CCC[C@]1(C)CCc2cc(-c3c(C(=O)O)cc(O)c(O)c3O)c(C)c(C)c2O1. The highest BCUT2D eigenvalue weighted by atomic mass is 16.5. The maximum absolute atomic E-state index is 11.9. The first-order chi connectivity index (χ1) is 19.2. The summed E-state index contributed by atoms with van der Waals surface area (Å²) < 4.78 is 6.61. The number of rotatable bonds is 11. The highest BCUT2D eigenvalue weighted by Gasteiger charge is 2.34. The van der Waals surface area contributed by atoms with Crippen LogP contribution in [0.5, 0.6) is 23.0 Å². The topological polar surface area (TPSA) is 107 Å². The lowest BCUT2D eigenvalue weighted by molar-refractivity contribution is 0.0562. The number of allylic oxidation sites excluding steroid dienone is 6. The van der Waals surface area contributed by atoms with Crippen molar-refractivity contribution in [1.82, 2.24) is 0 Å². The molecule has 0 radical (unpaired) electrons. The van der Waals surface area contributed by atoms with Crippen molar-refractivity contribution in [2.24, 2.45) is 0 Å². The van der Waals surface area contributed by atoms with E-state index in [-0.39, 0.29) is 16.7 Å². The summed E-state index contributed by atoms with van der Waals surface area (Å²) in [4.78, 5) is 11.9. The molecule has 0 saturated heterocycles. The standard InChI is InChI=1S/C35H46O6/c1-21(2)11-8-12-22(3)13-9-14-23(4)15-10-17-35(7)18-16-26-19-27(24(5)25(6)33(26)41-35)30-28(34(39)40)20-29(36)31(37)32(30)38/h11,13,15,19-20,36-38H,8-10,12,14,16-18H2,1-7H3,(H,39,40)/t35-/m1/s1. The number of aromatic carboxylic acids is 1. The van der Waals surface area contributed by atoms with Gasteiger partial charge in [0.1, 0.15) is 11.4 Å². The molecule has 0 bridgehead atoms. The third-order valence-corrected chi connectivity index (χ3v) is 8.23. The van der Waals surface area contributed by atoms with E-state index >= 15 is 0 Å². The van der Waals surface area contributed by atoms with E-state index in [1.54, 1.807) is 0 Å². The van der Waals surface area contributed by atoms with Crippen molar-refractivity contribution in [3.63, 3.8) is 0 Å². The molecule has 2 aromatic carbocycles. The molecular weight excluding hydrogens is 516 g/mol. The fourth-order valence-corrected chi connectivity index (χ4v) is 5.47. The number of benzene rings is 2. The number of aryl methyl sites for hydroxylation is 1. The van der Waals surface area contributed by atoms with Crippen molar-refractivity contribution >= 4 is 5.97 Å². The molecule has 1 aliphatic heterocycles. The fraction of sp³-hybridized carbons (Fsp3) is 0.457. The molecule has 1 aliphatic rings. The molecule has 0 aromatic heterocycles. The second-order valence-electron chi connectivity index (χ2n) is 12.0. The lowest BCUT2D eigenvalue weighted by Crippen LogP contribution is -2.36. The van der Waals surface area contributed by atoms with Crippen LogP contribution in [0.1, 0.15) is 107 Å². The van der Waals surface area contributed by atoms with Crippen LogP contribution in [-0.2, 0) is 6.42 Å². The third kappa shape index (κ3) is 7.75. The molecule has 4 N–H and O–H groups in total. The lowest BCUT2D eigenvalue weighted by atomic mass is 9.84. The summed E-state index contributed by atoms with van der Waals surface area (Å²) in [5.41, 5.74) is 6.64. The second kappa shape index (κ2) is 13.3. The van der Waals surface area contributed by atoms with Gasteiger partial charge in [-0.1, -0.05) is 34.9 Å². The first kappa shape index (κ1) is 31.9. The molecule has 0 aliphatic carbocycles. The summed E-state index contributed by atoms with van der Waals surface area (Å²) in [6.07, 6.45) is 14.7. The van der Waals surface area contributed by atoms with Crippen molar-refractivity contribution in [3.8, 4) is 34.1 Å². The van der Waals surface area contributed by atoms with Crippen LogP contribution in [0.25, 0.3) is 11.1 Å². The van der Waals surface area contributed by atoms with E-state index in [9.17, 15) is 25.2 Å². The maximum atomic E-state index is 11.9. The Balaban J connectivity index is 1.72. The minimum atomic E-state index is -1.31. The van der Waals surface area contributed by atoms with Crippen LogP contribution in [0.4, 0.5) is 0 Å². The highest BCUT2D eigenvalue weighted by molar-refractivity contribution is 6.00. The normalized spacial score (nSPS) is 17.1. The van der Waals surface area contributed by atoms with Gasteiger partial charge in [0.25, 0.3) is 0 Å².